The third-order valence-electron chi connectivity index (χ3n) is 4.32. The standard InChI is InChI=1S/C23H21NO4/c1-15-4-9-18(14-24-15)22(25)20-12-17(13-21(28-3)23(20)26)6-5-16-7-10-19(27-2)11-8-16/h4-14,26H,1-3H3/b6-5+. The maximum absolute atomic E-state index is 12.9. The molecule has 1 heterocycles. The fourth-order valence-electron chi connectivity index (χ4n) is 2.72. The summed E-state index contributed by atoms with van der Waals surface area (Å²) in [6.45, 7) is 1.85. The first-order chi connectivity index (χ1) is 13.5. The van der Waals surface area contributed by atoms with Gasteiger partial charge in [-0.15, -0.1) is 0 Å². The molecular weight excluding hydrogens is 354 g/mol. The van der Waals surface area contributed by atoms with E-state index in [0.717, 1.165) is 22.6 Å². The van der Waals surface area contributed by atoms with Gasteiger partial charge in [0.1, 0.15) is 5.75 Å². The molecule has 0 bridgehead atoms. The molecule has 0 spiro atoms. The molecule has 142 valence electrons. The summed E-state index contributed by atoms with van der Waals surface area (Å²) < 4.78 is 10.4. The Hall–Kier alpha value is -3.60. The lowest BCUT2D eigenvalue weighted by atomic mass is 10.00. The molecule has 3 rings (SSSR count). The van der Waals surface area contributed by atoms with Gasteiger partial charge in [0.05, 0.1) is 19.8 Å². The molecule has 0 aliphatic heterocycles. The second kappa shape index (κ2) is 8.39. The molecule has 0 amide bonds. The second-order valence-electron chi connectivity index (χ2n) is 6.24. The maximum Gasteiger partial charge on any atom is 0.198 e. The molecule has 0 atom stereocenters. The lowest BCUT2D eigenvalue weighted by Gasteiger charge is -2.10. The first kappa shape index (κ1) is 19.2. The van der Waals surface area contributed by atoms with E-state index in [1.165, 1.54) is 13.3 Å². The third kappa shape index (κ3) is 4.20. The van der Waals surface area contributed by atoms with E-state index < -0.39 is 0 Å². The molecular formula is C23H21NO4. The molecule has 0 saturated heterocycles. The van der Waals surface area contributed by atoms with Crippen LogP contribution in [-0.4, -0.2) is 30.1 Å². The van der Waals surface area contributed by atoms with Gasteiger partial charge in [-0.05, 0) is 54.4 Å². The Labute approximate surface area is 163 Å². The van der Waals surface area contributed by atoms with Crippen molar-refractivity contribution in [3.8, 4) is 17.2 Å². The van der Waals surface area contributed by atoms with E-state index in [0.29, 0.717) is 5.56 Å². The SMILES string of the molecule is COc1ccc(/C=C/c2cc(OC)c(O)c(C(=O)c3ccc(C)nc3)c2)cc1. The summed E-state index contributed by atoms with van der Waals surface area (Å²) >= 11 is 0. The number of phenolic OH excluding ortho intramolecular Hbond substituents is 1. The van der Waals surface area contributed by atoms with Crippen molar-refractivity contribution in [3.63, 3.8) is 0 Å². The van der Waals surface area contributed by atoms with Crippen LogP contribution in [0.25, 0.3) is 12.2 Å². The Kier molecular flexibility index (Phi) is 5.75. The van der Waals surface area contributed by atoms with E-state index in [1.807, 2.05) is 43.3 Å². The molecule has 0 aliphatic rings. The lowest BCUT2D eigenvalue weighted by molar-refractivity contribution is 0.103. The molecule has 1 aromatic heterocycles. The van der Waals surface area contributed by atoms with E-state index >= 15 is 0 Å². The monoisotopic (exact) mass is 375 g/mol. The molecule has 3 aromatic rings. The fraction of sp³-hybridized carbons (Fsp3) is 0.130. The van der Waals surface area contributed by atoms with Gasteiger partial charge in [-0.25, -0.2) is 0 Å². The third-order valence-corrected chi connectivity index (χ3v) is 4.32. The number of aryl methyl sites for hydroxylation is 1. The van der Waals surface area contributed by atoms with Crippen LogP contribution in [0.4, 0.5) is 0 Å². The zero-order valence-corrected chi connectivity index (χ0v) is 16.0. The van der Waals surface area contributed by atoms with Crippen LogP contribution >= 0.6 is 0 Å². The summed E-state index contributed by atoms with van der Waals surface area (Å²) in [4.78, 5) is 17.0. The Morgan fingerprint density at radius 3 is 2.29 bits per heavy atom. The molecule has 0 unspecified atom stereocenters. The minimum atomic E-state index is -0.317. The predicted octanol–water partition coefficient (Wildman–Crippen LogP) is 4.51. The number of carbonyl (C=O) groups is 1. The van der Waals surface area contributed by atoms with E-state index in [9.17, 15) is 9.90 Å². The van der Waals surface area contributed by atoms with Gasteiger partial charge in [0.25, 0.3) is 0 Å². The van der Waals surface area contributed by atoms with Crippen LogP contribution in [0.3, 0.4) is 0 Å². The molecule has 0 radical (unpaired) electrons. The highest BCUT2D eigenvalue weighted by Crippen LogP contribution is 2.33. The Balaban J connectivity index is 1.96. The van der Waals surface area contributed by atoms with Crippen molar-refractivity contribution >= 4 is 17.9 Å². The van der Waals surface area contributed by atoms with Crippen molar-refractivity contribution in [2.45, 2.75) is 6.92 Å². The smallest absolute Gasteiger partial charge is 0.198 e. The molecule has 5 nitrogen and oxygen atoms in total. The minimum Gasteiger partial charge on any atom is -0.504 e. The number of hydrogen-bond acceptors (Lipinski definition) is 5. The Bertz CT molecular complexity index is 1010. The zero-order valence-electron chi connectivity index (χ0n) is 16.0. The van der Waals surface area contributed by atoms with Crippen molar-refractivity contribution in [2.75, 3.05) is 14.2 Å². The van der Waals surface area contributed by atoms with Crippen molar-refractivity contribution < 1.29 is 19.4 Å². The van der Waals surface area contributed by atoms with Gasteiger partial charge in [-0.1, -0.05) is 24.3 Å². The first-order valence-corrected chi connectivity index (χ1v) is 8.72. The Morgan fingerprint density at radius 2 is 1.68 bits per heavy atom. The summed E-state index contributed by atoms with van der Waals surface area (Å²) in [5.74, 6) is 0.515. The van der Waals surface area contributed by atoms with Crippen molar-refractivity contribution in [2.24, 2.45) is 0 Å². The summed E-state index contributed by atoms with van der Waals surface area (Å²) in [7, 11) is 3.07. The predicted molar refractivity (Wildman–Crippen MR) is 109 cm³/mol. The number of nitrogens with zero attached hydrogens (tertiary/aromatic N) is 1. The van der Waals surface area contributed by atoms with Gasteiger partial charge >= 0.3 is 0 Å². The highest BCUT2D eigenvalue weighted by atomic mass is 16.5. The van der Waals surface area contributed by atoms with Crippen LogP contribution in [-0.2, 0) is 0 Å². The van der Waals surface area contributed by atoms with Crippen molar-refractivity contribution in [1.82, 2.24) is 4.98 Å². The molecule has 0 fully saturated rings. The molecule has 1 N–H and O–H groups in total. The average molecular weight is 375 g/mol. The Morgan fingerprint density at radius 1 is 0.964 bits per heavy atom. The highest BCUT2D eigenvalue weighted by Gasteiger charge is 2.18. The van der Waals surface area contributed by atoms with Gasteiger partial charge < -0.3 is 14.6 Å². The van der Waals surface area contributed by atoms with Gasteiger partial charge in [0.15, 0.2) is 17.3 Å². The number of aromatic nitrogens is 1. The number of carbonyl (C=O) groups excluding carboxylic acids is 1. The van der Waals surface area contributed by atoms with Gasteiger partial charge in [-0.3, -0.25) is 9.78 Å². The van der Waals surface area contributed by atoms with Crippen LogP contribution in [0.1, 0.15) is 32.7 Å². The van der Waals surface area contributed by atoms with E-state index in [1.54, 1.807) is 31.4 Å². The van der Waals surface area contributed by atoms with Gasteiger partial charge in [-0.2, -0.15) is 0 Å². The number of phenols is 1. The van der Waals surface area contributed by atoms with Crippen LogP contribution in [0.2, 0.25) is 0 Å². The van der Waals surface area contributed by atoms with Crippen molar-refractivity contribution in [3.05, 3.63) is 82.7 Å². The van der Waals surface area contributed by atoms with Gasteiger partial charge in [0, 0.05) is 17.5 Å². The topological polar surface area (TPSA) is 68.7 Å². The summed E-state index contributed by atoms with van der Waals surface area (Å²) in [6, 6.07) is 14.4. The maximum atomic E-state index is 12.9. The largest absolute Gasteiger partial charge is 0.504 e. The number of pyridine rings is 1. The number of ketones is 1. The number of rotatable bonds is 6. The highest BCUT2D eigenvalue weighted by molar-refractivity contribution is 6.11. The van der Waals surface area contributed by atoms with Crippen LogP contribution < -0.4 is 9.47 Å². The van der Waals surface area contributed by atoms with E-state index in [4.69, 9.17) is 9.47 Å². The van der Waals surface area contributed by atoms with E-state index in [2.05, 4.69) is 4.98 Å². The summed E-state index contributed by atoms with van der Waals surface area (Å²) in [5, 5.41) is 10.4. The number of aromatic hydroxyl groups is 1. The first-order valence-electron chi connectivity index (χ1n) is 8.72. The van der Waals surface area contributed by atoms with E-state index in [-0.39, 0.29) is 22.8 Å². The lowest BCUT2D eigenvalue weighted by Crippen LogP contribution is -2.04. The van der Waals surface area contributed by atoms with Crippen LogP contribution in [0.5, 0.6) is 17.2 Å². The minimum absolute atomic E-state index is 0.166. The molecule has 0 aliphatic carbocycles. The summed E-state index contributed by atoms with van der Waals surface area (Å²) in [5.41, 5.74) is 3.09. The molecule has 28 heavy (non-hydrogen) atoms. The number of benzene rings is 2. The average Bonchev–Trinajstić information content (AvgIpc) is 2.73. The van der Waals surface area contributed by atoms with Crippen LogP contribution in [0.15, 0.2) is 54.7 Å². The molecule has 0 saturated carbocycles. The normalized spacial score (nSPS) is 10.8. The number of hydrogen-bond donors (Lipinski definition) is 1. The number of ether oxygens (including phenoxy) is 2. The van der Waals surface area contributed by atoms with Gasteiger partial charge in [0.2, 0.25) is 0 Å². The molecule has 5 heteroatoms. The number of methoxy groups -OCH3 is 2. The zero-order chi connectivity index (χ0) is 20.1. The van der Waals surface area contributed by atoms with Crippen molar-refractivity contribution in [1.29, 1.82) is 0 Å². The molecule has 2 aromatic carbocycles. The fourth-order valence-corrected chi connectivity index (χ4v) is 2.72. The van der Waals surface area contributed by atoms with Crippen LogP contribution in [0, 0.1) is 6.92 Å². The second-order valence-corrected chi connectivity index (χ2v) is 6.24. The summed E-state index contributed by atoms with van der Waals surface area (Å²) in [6.07, 6.45) is 5.27. The quantitative estimate of drug-likeness (QED) is 0.507.